The summed E-state index contributed by atoms with van der Waals surface area (Å²) in [6.45, 7) is 6.19. The van der Waals surface area contributed by atoms with Gasteiger partial charge in [-0.15, -0.1) is 0 Å². The molecule has 0 radical (unpaired) electrons. The van der Waals surface area contributed by atoms with Gasteiger partial charge in [0.25, 0.3) is 0 Å². The summed E-state index contributed by atoms with van der Waals surface area (Å²) in [5, 5.41) is 9.12. The highest BCUT2D eigenvalue weighted by molar-refractivity contribution is 6.01. The number of anilines is 4. The minimum absolute atomic E-state index is 0.114. The molecule has 0 aliphatic carbocycles. The summed E-state index contributed by atoms with van der Waals surface area (Å²) in [4.78, 5) is 34.4. The van der Waals surface area contributed by atoms with Gasteiger partial charge in [-0.05, 0) is 67.1 Å². The number of nitrogens with zero attached hydrogens (tertiary/aromatic N) is 3. The van der Waals surface area contributed by atoms with Gasteiger partial charge in [-0.1, -0.05) is 12.6 Å². The van der Waals surface area contributed by atoms with Crippen LogP contribution in [0.3, 0.4) is 0 Å². The molecule has 0 spiro atoms. The van der Waals surface area contributed by atoms with Gasteiger partial charge in [-0.3, -0.25) is 4.79 Å². The van der Waals surface area contributed by atoms with Crippen LogP contribution in [0.5, 0.6) is 5.75 Å². The van der Waals surface area contributed by atoms with Crippen molar-refractivity contribution in [1.29, 1.82) is 0 Å². The van der Waals surface area contributed by atoms with Crippen molar-refractivity contribution >= 4 is 45.7 Å². The average Bonchev–Trinajstić information content (AvgIpc) is 2.97. The van der Waals surface area contributed by atoms with Crippen molar-refractivity contribution in [3.63, 3.8) is 0 Å². The van der Waals surface area contributed by atoms with Gasteiger partial charge in [-0.2, -0.15) is 0 Å². The van der Waals surface area contributed by atoms with E-state index in [0.717, 1.165) is 34.3 Å². The Bertz CT molecular complexity index is 1600. The van der Waals surface area contributed by atoms with Crippen molar-refractivity contribution in [1.82, 2.24) is 14.9 Å². The third-order valence-electron chi connectivity index (χ3n) is 6.74. The number of hydrogen-bond acceptors (Lipinski definition) is 6. The largest absolute Gasteiger partial charge is 0.490 e. The van der Waals surface area contributed by atoms with Gasteiger partial charge in [0.15, 0.2) is 0 Å². The molecule has 1 aromatic heterocycles. The molecule has 5 rings (SSSR count). The maximum absolute atomic E-state index is 13.9. The van der Waals surface area contributed by atoms with E-state index in [1.165, 1.54) is 23.4 Å². The summed E-state index contributed by atoms with van der Waals surface area (Å²) in [7, 11) is 0. The summed E-state index contributed by atoms with van der Waals surface area (Å²) >= 11 is 0. The summed E-state index contributed by atoms with van der Waals surface area (Å²) < 4.78 is 34.0. The summed E-state index contributed by atoms with van der Waals surface area (Å²) in [5.74, 6) is -0.652. The first-order valence-electron chi connectivity index (χ1n) is 13.0. The van der Waals surface area contributed by atoms with Crippen LogP contribution in [0.25, 0.3) is 10.9 Å². The van der Waals surface area contributed by atoms with Crippen LogP contribution in [-0.2, 0) is 4.79 Å². The first kappa shape index (κ1) is 27.5. The summed E-state index contributed by atoms with van der Waals surface area (Å²) in [6, 6.07) is 13.9. The van der Waals surface area contributed by atoms with E-state index in [9.17, 15) is 18.4 Å². The number of urea groups is 1. The predicted molar refractivity (Wildman–Crippen MR) is 153 cm³/mol. The Hall–Kier alpha value is -5.06. The Morgan fingerprint density at radius 2 is 1.73 bits per heavy atom. The number of halogens is 2. The molecular formula is C30H28F2N6O3. The number of aromatic nitrogens is 2. The number of hydrogen-bond donors (Lipinski definition) is 3. The number of likely N-dealkylation sites (tertiary alicyclic amines) is 1. The fourth-order valence-electron chi connectivity index (χ4n) is 4.58. The fourth-order valence-corrected chi connectivity index (χ4v) is 4.58. The van der Waals surface area contributed by atoms with Gasteiger partial charge >= 0.3 is 6.03 Å². The molecule has 2 heterocycles. The second-order valence-corrected chi connectivity index (χ2v) is 9.58. The molecule has 0 saturated carbocycles. The lowest BCUT2D eigenvalue weighted by Gasteiger charge is -2.32. The van der Waals surface area contributed by atoms with Crippen LogP contribution in [0.2, 0.25) is 0 Å². The number of rotatable bonds is 7. The second kappa shape index (κ2) is 12.0. The highest BCUT2D eigenvalue weighted by Crippen LogP contribution is 2.30. The Kier molecular flexibility index (Phi) is 8.04. The maximum atomic E-state index is 13.9. The standard InChI is InChI=1S/C30H28F2N6O3/c1-3-27(39)35-20-7-9-25-22(16-20)29(34-17-33-25)36-19-8-10-26(18(2)15-19)41-21-11-13-38(14-12-21)30(40)37-28-23(31)5-4-6-24(28)32/h3-10,15-17,21H,1,11-14H2,2H3,(H,35,39)(H,37,40)(H,33,34,36). The maximum Gasteiger partial charge on any atom is 0.322 e. The predicted octanol–water partition coefficient (Wildman–Crippen LogP) is 6.16. The Morgan fingerprint density at radius 1 is 1.00 bits per heavy atom. The minimum Gasteiger partial charge on any atom is -0.490 e. The number of benzene rings is 3. The molecule has 4 aromatic rings. The van der Waals surface area contributed by atoms with Crippen molar-refractivity contribution < 1.29 is 23.1 Å². The first-order valence-corrected chi connectivity index (χ1v) is 13.0. The number of para-hydroxylation sites is 1. The normalized spacial score (nSPS) is 13.5. The Morgan fingerprint density at radius 3 is 2.44 bits per heavy atom. The molecule has 3 amide bonds. The molecular weight excluding hydrogens is 530 g/mol. The van der Waals surface area contributed by atoms with Gasteiger partial charge in [0.1, 0.15) is 41.3 Å². The van der Waals surface area contributed by atoms with Gasteiger partial charge in [0, 0.05) is 42.7 Å². The zero-order valence-electron chi connectivity index (χ0n) is 22.3. The van der Waals surface area contributed by atoms with Crippen molar-refractivity contribution in [2.24, 2.45) is 0 Å². The van der Waals surface area contributed by atoms with Crippen LogP contribution in [-0.4, -0.2) is 46.0 Å². The third-order valence-corrected chi connectivity index (χ3v) is 6.74. The van der Waals surface area contributed by atoms with Crippen molar-refractivity contribution in [2.75, 3.05) is 29.0 Å². The Labute approximate surface area is 235 Å². The van der Waals surface area contributed by atoms with E-state index in [-0.39, 0.29) is 12.0 Å². The second-order valence-electron chi connectivity index (χ2n) is 9.58. The zero-order chi connectivity index (χ0) is 28.9. The number of amides is 3. The van der Waals surface area contributed by atoms with Crippen LogP contribution in [0.1, 0.15) is 18.4 Å². The lowest BCUT2D eigenvalue weighted by atomic mass is 10.1. The fraction of sp³-hybridized carbons (Fsp3) is 0.200. The first-order chi connectivity index (χ1) is 19.8. The average molecular weight is 559 g/mol. The van der Waals surface area contributed by atoms with E-state index in [2.05, 4.69) is 32.5 Å². The molecule has 1 aliphatic rings. The molecule has 0 atom stereocenters. The number of carbonyl (C=O) groups excluding carboxylic acids is 2. The molecule has 9 nitrogen and oxygen atoms in total. The number of ether oxygens (including phenoxy) is 1. The summed E-state index contributed by atoms with van der Waals surface area (Å²) in [6.07, 6.45) is 3.70. The molecule has 11 heteroatoms. The molecule has 0 unspecified atom stereocenters. The molecule has 41 heavy (non-hydrogen) atoms. The number of aryl methyl sites for hydroxylation is 1. The van der Waals surface area contributed by atoms with Gasteiger partial charge in [0.05, 0.1) is 5.52 Å². The molecule has 210 valence electrons. The third kappa shape index (κ3) is 6.40. The highest BCUT2D eigenvalue weighted by atomic mass is 19.1. The minimum atomic E-state index is -0.820. The highest BCUT2D eigenvalue weighted by Gasteiger charge is 2.25. The van der Waals surface area contributed by atoms with E-state index < -0.39 is 23.4 Å². The van der Waals surface area contributed by atoms with Crippen LogP contribution in [0.15, 0.2) is 73.6 Å². The van der Waals surface area contributed by atoms with E-state index in [4.69, 9.17) is 4.74 Å². The van der Waals surface area contributed by atoms with E-state index in [1.54, 1.807) is 18.2 Å². The molecule has 3 N–H and O–H groups in total. The molecule has 1 saturated heterocycles. The van der Waals surface area contributed by atoms with Gasteiger partial charge in [0.2, 0.25) is 5.91 Å². The van der Waals surface area contributed by atoms with Gasteiger partial charge in [-0.25, -0.2) is 23.5 Å². The van der Waals surface area contributed by atoms with Crippen LogP contribution in [0.4, 0.5) is 36.5 Å². The SMILES string of the molecule is C=CC(=O)Nc1ccc2ncnc(Nc3ccc(OC4CCN(C(=O)Nc5c(F)cccc5F)CC4)c(C)c3)c2c1. The van der Waals surface area contributed by atoms with Crippen LogP contribution in [0, 0.1) is 18.6 Å². The lowest BCUT2D eigenvalue weighted by molar-refractivity contribution is -0.111. The van der Waals surface area contributed by atoms with E-state index in [0.29, 0.717) is 43.2 Å². The van der Waals surface area contributed by atoms with E-state index >= 15 is 0 Å². The Balaban J connectivity index is 1.20. The monoisotopic (exact) mass is 558 g/mol. The zero-order valence-corrected chi connectivity index (χ0v) is 22.3. The number of nitrogens with one attached hydrogen (secondary N) is 3. The molecule has 3 aromatic carbocycles. The number of fused-ring (bicyclic) bond motifs is 1. The quantitative estimate of drug-likeness (QED) is 0.235. The van der Waals surface area contributed by atoms with Crippen molar-refractivity contribution in [3.05, 3.63) is 90.8 Å². The van der Waals surface area contributed by atoms with Crippen LogP contribution < -0.4 is 20.7 Å². The number of piperidine rings is 1. The van der Waals surface area contributed by atoms with Crippen molar-refractivity contribution in [2.45, 2.75) is 25.9 Å². The smallest absolute Gasteiger partial charge is 0.322 e. The summed E-state index contributed by atoms with van der Waals surface area (Å²) in [5.41, 5.74) is 2.57. The van der Waals surface area contributed by atoms with Gasteiger partial charge < -0.3 is 25.6 Å². The van der Waals surface area contributed by atoms with Crippen LogP contribution >= 0.6 is 0 Å². The topological polar surface area (TPSA) is 108 Å². The molecule has 0 bridgehead atoms. The van der Waals surface area contributed by atoms with Crippen molar-refractivity contribution in [3.8, 4) is 5.75 Å². The van der Waals surface area contributed by atoms with E-state index in [1.807, 2.05) is 25.1 Å². The lowest BCUT2D eigenvalue weighted by Crippen LogP contribution is -2.44. The molecule has 1 aliphatic heterocycles. The number of carbonyl (C=O) groups is 2. The molecule has 1 fully saturated rings.